The Hall–Kier alpha value is -0.930. The summed E-state index contributed by atoms with van der Waals surface area (Å²) in [6, 6.07) is 6.23. The van der Waals surface area contributed by atoms with Gasteiger partial charge in [0, 0.05) is 16.1 Å². The van der Waals surface area contributed by atoms with Crippen LogP contribution in [0.4, 0.5) is 0 Å². The predicted octanol–water partition coefficient (Wildman–Crippen LogP) is 4.39. The van der Waals surface area contributed by atoms with Gasteiger partial charge in [-0.2, -0.15) is 0 Å². The standard InChI is InChI=1S/C16H21Cl2N3/c17-11-7-8-14(18)13(9-11)15-10-20-16(19)21(15)12-5-3-1-2-4-6-12/h7-9,12,15H,1-6,10H2,(H2,19,20). The van der Waals surface area contributed by atoms with E-state index >= 15 is 0 Å². The molecular formula is C16H21Cl2N3. The average Bonchev–Trinajstić information content (AvgIpc) is 2.69. The van der Waals surface area contributed by atoms with Crippen LogP contribution in [0.3, 0.4) is 0 Å². The van der Waals surface area contributed by atoms with Gasteiger partial charge < -0.3 is 10.6 Å². The molecule has 21 heavy (non-hydrogen) atoms. The molecule has 1 aliphatic carbocycles. The zero-order valence-electron chi connectivity index (χ0n) is 12.1. The van der Waals surface area contributed by atoms with Gasteiger partial charge in [-0.25, -0.2) is 0 Å². The summed E-state index contributed by atoms with van der Waals surface area (Å²) in [6.07, 6.45) is 7.55. The molecule has 2 aliphatic rings. The molecule has 1 heterocycles. The van der Waals surface area contributed by atoms with Crippen molar-refractivity contribution in [3.8, 4) is 0 Å². The Morgan fingerprint density at radius 2 is 1.81 bits per heavy atom. The highest BCUT2D eigenvalue weighted by Gasteiger charge is 2.34. The van der Waals surface area contributed by atoms with Gasteiger partial charge in [0.25, 0.3) is 0 Å². The predicted molar refractivity (Wildman–Crippen MR) is 89.0 cm³/mol. The van der Waals surface area contributed by atoms with E-state index in [0.717, 1.165) is 10.6 Å². The summed E-state index contributed by atoms with van der Waals surface area (Å²) >= 11 is 12.5. The molecule has 0 saturated heterocycles. The van der Waals surface area contributed by atoms with Gasteiger partial charge in [-0.15, -0.1) is 0 Å². The zero-order chi connectivity index (χ0) is 14.8. The SMILES string of the molecule is NC1=NCC(c2cc(Cl)ccc2Cl)N1C1CCCCCC1. The van der Waals surface area contributed by atoms with Crippen LogP contribution < -0.4 is 5.73 Å². The molecule has 1 unspecified atom stereocenters. The van der Waals surface area contributed by atoms with Crippen LogP contribution in [0.15, 0.2) is 23.2 Å². The number of hydrogen-bond donors (Lipinski definition) is 1. The fourth-order valence-corrected chi connectivity index (χ4v) is 3.93. The van der Waals surface area contributed by atoms with Crippen molar-refractivity contribution in [2.45, 2.75) is 50.6 Å². The van der Waals surface area contributed by atoms with E-state index in [-0.39, 0.29) is 6.04 Å². The van der Waals surface area contributed by atoms with Gasteiger partial charge in [0.05, 0.1) is 12.6 Å². The molecule has 1 saturated carbocycles. The summed E-state index contributed by atoms with van der Waals surface area (Å²) in [7, 11) is 0. The summed E-state index contributed by atoms with van der Waals surface area (Å²) in [4.78, 5) is 6.75. The van der Waals surface area contributed by atoms with Crippen LogP contribution in [-0.4, -0.2) is 23.4 Å². The molecule has 1 aromatic rings. The summed E-state index contributed by atoms with van der Waals surface area (Å²) in [6.45, 7) is 0.669. The van der Waals surface area contributed by atoms with Crippen molar-refractivity contribution < 1.29 is 0 Å². The van der Waals surface area contributed by atoms with Gasteiger partial charge >= 0.3 is 0 Å². The first-order chi connectivity index (χ1) is 10.2. The molecule has 1 aliphatic heterocycles. The molecule has 1 aromatic carbocycles. The maximum absolute atomic E-state index is 6.38. The number of benzene rings is 1. The first-order valence-electron chi connectivity index (χ1n) is 7.70. The molecule has 0 spiro atoms. The molecule has 3 rings (SSSR count). The van der Waals surface area contributed by atoms with E-state index in [1.54, 1.807) is 0 Å². The lowest BCUT2D eigenvalue weighted by Gasteiger charge is -2.34. The van der Waals surface area contributed by atoms with Crippen LogP contribution in [0, 0.1) is 0 Å². The molecule has 0 aromatic heterocycles. The Morgan fingerprint density at radius 3 is 2.52 bits per heavy atom. The monoisotopic (exact) mass is 325 g/mol. The lowest BCUT2D eigenvalue weighted by atomic mass is 10.0. The van der Waals surface area contributed by atoms with Crippen molar-refractivity contribution in [3.05, 3.63) is 33.8 Å². The van der Waals surface area contributed by atoms with E-state index in [4.69, 9.17) is 28.9 Å². The highest BCUT2D eigenvalue weighted by atomic mass is 35.5. The maximum Gasteiger partial charge on any atom is 0.192 e. The van der Waals surface area contributed by atoms with Crippen LogP contribution in [-0.2, 0) is 0 Å². The van der Waals surface area contributed by atoms with E-state index in [2.05, 4.69) is 9.89 Å². The van der Waals surface area contributed by atoms with Gasteiger partial charge in [0.15, 0.2) is 5.96 Å². The van der Waals surface area contributed by atoms with Crippen molar-refractivity contribution in [1.29, 1.82) is 0 Å². The van der Waals surface area contributed by atoms with E-state index in [1.807, 2.05) is 18.2 Å². The molecule has 0 amide bonds. The highest BCUT2D eigenvalue weighted by molar-refractivity contribution is 6.33. The second kappa shape index (κ2) is 6.45. The average molecular weight is 326 g/mol. The molecule has 1 atom stereocenters. The van der Waals surface area contributed by atoms with Crippen LogP contribution in [0.25, 0.3) is 0 Å². The summed E-state index contributed by atoms with van der Waals surface area (Å²) in [5, 5.41) is 1.45. The topological polar surface area (TPSA) is 41.6 Å². The van der Waals surface area contributed by atoms with E-state index in [9.17, 15) is 0 Å². The molecule has 3 nitrogen and oxygen atoms in total. The number of nitrogens with two attached hydrogens (primary N) is 1. The second-order valence-electron chi connectivity index (χ2n) is 5.93. The lowest BCUT2D eigenvalue weighted by molar-refractivity contribution is 0.237. The fourth-order valence-electron chi connectivity index (χ4n) is 3.50. The fraction of sp³-hybridized carbons (Fsp3) is 0.562. The first-order valence-corrected chi connectivity index (χ1v) is 8.45. The van der Waals surface area contributed by atoms with Gasteiger partial charge in [-0.3, -0.25) is 4.99 Å². The molecule has 114 valence electrons. The second-order valence-corrected chi connectivity index (χ2v) is 6.78. The minimum Gasteiger partial charge on any atom is -0.370 e. The van der Waals surface area contributed by atoms with E-state index in [0.29, 0.717) is 23.6 Å². The summed E-state index contributed by atoms with van der Waals surface area (Å²) < 4.78 is 0. The van der Waals surface area contributed by atoms with Gasteiger partial charge in [-0.05, 0) is 36.6 Å². The summed E-state index contributed by atoms with van der Waals surface area (Å²) in [5.74, 6) is 0.656. The minimum absolute atomic E-state index is 0.124. The Kier molecular flexibility index (Phi) is 4.60. The van der Waals surface area contributed by atoms with Gasteiger partial charge in [-0.1, -0.05) is 48.9 Å². The molecule has 0 radical (unpaired) electrons. The van der Waals surface area contributed by atoms with Crippen LogP contribution >= 0.6 is 23.2 Å². The number of rotatable bonds is 2. The van der Waals surface area contributed by atoms with Gasteiger partial charge in [0.2, 0.25) is 0 Å². The van der Waals surface area contributed by atoms with E-state index in [1.165, 1.54) is 38.5 Å². The van der Waals surface area contributed by atoms with Crippen LogP contribution in [0.1, 0.15) is 50.1 Å². The molecular weight excluding hydrogens is 305 g/mol. The third kappa shape index (κ3) is 3.14. The molecule has 0 bridgehead atoms. The molecule has 1 fully saturated rings. The number of aliphatic imine (C=N–C) groups is 1. The van der Waals surface area contributed by atoms with Crippen LogP contribution in [0.2, 0.25) is 10.0 Å². The lowest BCUT2D eigenvalue weighted by Crippen LogP contribution is -2.43. The van der Waals surface area contributed by atoms with Crippen molar-refractivity contribution >= 4 is 29.2 Å². The summed E-state index contributed by atoms with van der Waals surface area (Å²) in [5.41, 5.74) is 7.22. The smallest absolute Gasteiger partial charge is 0.192 e. The first kappa shape index (κ1) is 15.0. The maximum atomic E-state index is 6.38. The Balaban J connectivity index is 1.89. The molecule has 2 N–H and O–H groups in total. The van der Waals surface area contributed by atoms with Crippen molar-refractivity contribution in [3.63, 3.8) is 0 Å². The Morgan fingerprint density at radius 1 is 1.10 bits per heavy atom. The number of hydrogen-bond acceptors (Lipinski definition) is 3. The van der Waals surface area contributed by atoms with Crippen LogP contribution in [0.5, 0.6) is 0 Å². The number of nitrogens with zero attached hydrogens (tertiary/aromatic N) is 2. The Bertz CT molecular complexity index is 536. The van der Waals surface area contributed by atoms with E-state index < -0.39 is 0 Å². The van der Waals surface area contributed by atoms with Crippen molar-refractivity contribution in [2.75, 3.05) is 6.54 Å². The van der Waals surface area contributed by atoms with Crippen molar-refractivity contribution in [1.82, 2.24) is 4.90 Å². The zero-order valence-corrected chi connectivity index (χ0v) is 13.6. The third-order valence-corrected chi connectivity index (χ3v) is 5.14. The minimum atomic E-state index is 0.124. The normalized spacial score (nSPS) is 24.0. The van der Waals surface area contributed by atoms with Crippen molar-refractivity contribution in [2.24, 2.45) is 10.7 Å². The number of halogens is 2. The highest BCUT2D eigenvalue weighted by Crippen LogP contribution is 2.36. The van der Waals surface area contributed by atoms with Gasteiger partial charge in [0.1, 0.15) is 0 Å². The Labute approximate surface area is 136 Å². The largest absolute Gasteiger partial charge is 0.370 e. The molecule has 5 heteroatoms. The quantitative estimate of drug-likeness (QED) is 0.819. The number of guanidine groups is 1. The third-order valence-electron chi connectivity index (χ3n) is 4.56.